The monoisotopic (exact) mass is 193 g/mol. The topological polar surface area (TPSA) is 32.3 Å². The van der Waals surface area contributed by atoms with Crippen LogP contribution >= 0.6 is 0 Å². The maximum Gasteiger partial charge on any atom is 0.0854 e. The summed E-state index contributed by atoms with van der Waals surface area (Å²) in [6.07, 6.45) is 13.3. The first-order valence-corrected chi connectivity index (χ1v) is 5.17. The Balaban J connectivity index is 2.40. The molecule has 1 fully saturated rings. The molecule has 78 valence electrons. The molecule has 2 nitrogen and oxygen atoms in total. The van der Waals surface area contributed by atoms with Gasteiger partial charge in [-0.05, 0) is 32.9 Å². The minimum Gasteiger partial charge on any atom is -0.386 e. The highest BCUT2D eigenvalue weighted by Crippen LogP contribution is 2.19. The molecule has 1 aliphatic heterocycles. The number of nitrogens with one attached hydrogen (secondary N) is 1. The van der Waals surface area contributed by atoms with E-state index in [1.54, 1.807) is 0 Å². The molecule has 0 unspecified atom stereocenters. The van der Waals surface area contributed by atoms with Crippen LogP contribution in [0, 0.1) is 0 Å². The zero-order chi connectivity index (χ0) is 10.3. The summed E-state index contributed by atoms with van der Waals surface area (Å²) in [5.41, 5.74) is -0.592. The molecule has 0 bridgehead atoms. The second kappa shape index (κ2) is 5.78. The normalized spacial score (nSPS) is 22.7. The van der Waals surface area contributed by atoms with Gasteiger partial charge in [0.15, 0.2) is 0 Å². The van der Waals surface area contributed by atoms with Gasteiger partial charge >= 0.3 is 0 Å². The first-order chi connectivity index (χ1) is 6.77. The van der Waals surface area contributed by atoms with Gasteiger partial charge in [-0.25, -0.2) is 0 Å². The van der Waals surface area contributed by atoms with Crippen molar-refractivity contribution in [1.82, 2.24) is 5.32 Å². The van der Waals surface area contributed by atoms with Crippen LogP contribution in [0.25, 0.3) is 0 Å². The molecule has 0 aliphatic carbocycles. The van der Waals surface area contributed by atoms with E-state index < -0.39 is 5.60 Å². The molecule has 0 saturated carbocycles. The smallest absolute Gasteiger partial charge is 0.0854 e. The molecule has 0 aromatic rings. The van der Waals surface area contributed by atoms with Gasteiger partial charge in [0.25, 0.3) is 0 Å². The van der Waals surface area contributed by atoms with Gasteiger partial charge in [-0.1, -0.05) is 36.5 Å². The number of allylic oxidation sites excluding steroid dienone is 5. The Morgan fingerprint density at radius 2 is 1.71 bits per heavy atom. The molecular weight excluding hydrogens is 174 g/mol. The van der Waals surface area contributed by atoms with E-state index in [9.17, 15) is 5.11 Å². The van der Waals surface area contributed by atoms with Gasteiger partial charge in [0.1, 0.15) is 0 Å². The first-order valence-electron chi connectivity index (χ1n) is 5.17. The van der Waals surface area contributed by atoms with Gasteiger partial charge in [-0.2, -0.15) is 0 Å². The highest BCUT2D eigenvalue weighted by Gasteiger charge is 2.25. The molecule has 0 amide bonds. The summed E-state index contributed by atoms with van der Waals surface area (Å²) in [6.45, 7) is 3.78. The molecule has 0 atom stereocenters. The summed E-state index contributed by atoms with van der Waals surface area (Å²) in [7, 11) is 0. The van der Waals surface area contributed by atoms with Crippen LogP contribution in [-0.4, -0.2) is 23.8 Å². The highest BCUT2D eigenvalue weighted by molar-refractivity contribution is 5.15. The summed E-state index contributed by atoms with van der Waals surface area (Å²) >= 11 is 0. The average molecular weight is 193 g/mol. The Hall–Kier alpha value is -0.860. The minimum absolute atomic E-state index is 0.592. The number of rotatable bonds is 3. The second-order valence-corrected chi connectivity index (χ2v) is 3.62. The molecule has 1 saturated heterocycles. The van der Waals surface area contributed by atoms with Crippen molar-refractivity contribution in [2.45, 2.75) is 25.4 Å². The van der Waals surface area contributed by atoms with E-state index in [2.05, 4.69) is 5.32 Å². The molecule has 1 aliphatic rings. The fraction of sp³-hybridized carbons (Fsp3) is 0.500. The van der Waals surface area contributed by atoms with Gasteiger partial charge in [0.2, 0.25) is 0 Å². The molecule has 14 heavy (non-hydrogen) atoms. The Bertz CT molecular complexity index is 235. The minimum atomic E-state index is -0.592. The zero-order valence-electron chi connectivity index (χ0n) is 8.74. The van der Waals surface area contributed by atoms with E-state index in [0.29, 0.717) is 0 Å². The fourth-order valence-electron chi connectivity index (χ4n) is 1.50. The summed E-state index contributed by atoms with van der Waals surface area (Å²) in [5.74, 6) is 0. The van der Waals surface area contributed by atoms with Gasteiger partial charge < -0.3 is 10.4 Å². The Kier molecular flexibility index (Phi) is 4.63. The Morgan fingerprint density at radius 3 is 2.36 bits per heavy atom. The zero-order valence-corrected chi connectivity index (χ0v) is 8.74. The van der Waals surface area contributed by atoms with E-state index in [-0.39, 0.29) is 0 Å². The molecular formula is C12H19NO. The van der Waals surface area contributed by atoms with Crippen LogP contribution in [0.15, 0.2) is 36.5 Å². The van der Waals surface area contributed by atoms with Crippen molar-refractivity contribution in [3.63, 3.8) is 0 Å². The molecule has 2 N–H and O–H groups in total. The van der Waals surface area contributed by atoms with Crippen LogP contribution in [0.2, 0.25) is 0 Å². The van der Waals surface area contributed by atoms with Gasteiger partial charge in [-0.15, -0.1) is 0 Å². The fourth-order valence-corrected chi connectivity index (χ4v) is 1.50. The lowest BCUT2D eigenvalue weighted by Crippen LogP contribution is -2.40. The van der Waals surface area contributed by atoms with Crippen LogP contribution in [0.4, 0.5) is 0 Å². The third-order valence-corrected chi connectivity index (χ3v) is 2.40. The third kappa shape index (κ3) is 3.90. The number of hydrogen-bond acceptors (Lipinski definition) is 2. The van der Waals surface area contributed by atoms with Gasteiger partial charge in [-0.3, -0.25) is 0 Å². The molecule has 0 aromatic carbocycles. The van der Waals surface area contributed by atoms with Crippen LogP contribution in [0.1, 0.15) is 19.8 Å². The van der Waals surface area contributed by atoms with Crippen molar-refractivity contribution in [3.05, 3.63) is 36.5 Å². The lowest BCUT2D eigenvalue weighted by molar-refractivity contribution is 0.0582. The lowest BCUT2D eigenvalue weighted by atomic mass is 9.92. The first kappa shape index (κ1) is 11.2. The van der Waals surface area contributed by atoms with Crippen molar-refractivity contribution < 1.29 is 5.11 Å². The lowest BCUT2D eigenvalue weighted by Gasteiger charge is -2.29. The summed E-state index contributed by atoms with van der Waals surface area (Å²) in [6, 6.07) is 0. The van der Waals surface area contributed by atoms with Crippen LogP contribution in [0.5, 0.6) is 0 Å². The van der Waals surface area contributed by atoms with Crippen molar-refractivity contribution in [1.29, 1.82) is 0 Å². The van der Waals surface area contributed by atoms with Crippen molar-refractivity contribution in [2.24, 2.45) is 0 Å². The molecule has 0 aromatic heterocycles. The molecule has 1 rings (SSSR count). The number of piperidine rings is 1. The second-order valence-electron chi connectivity index (χ2n) is 3.62. The van der Waals surface area contributed by atoms with Crippen molar-refractivity contribution >= 4 is 0 Å². The number of hydrogen-bond donors (Lipinski definition) is 2. The van der Waals surface area contributed by atoms with E-state index in [1.807, 2.05) is 43.4 Å². The van der Waals surface area contributed by atoms with E-state index in [1.165, 1.54) is 0 Å². The summed E-state index contributed by atoms with van der Waals surface area (Å²) in [5, 5.41) is 13.3. The standard InChI is InChI=1S/C12H19NO/c1-2-3-4-5-6-7-12(14)8-10-13-11-9-12/h2-7,13-14H,8-11H2,1H3/b3-2-,5-4-,7-6+. The predicted molar refractivity (Wildman–Crippen MR) is 60.1 cm³/mol. The van der Waals surface area contributed by atoms with Crippen molar-refractivity contribution in [2.75, 3.05) is 13.1 Å². The SMILES string of the molecule is C\C=C/C=C\C=C\C1(O)CCNCC1. The maximum absolute atomic E-state index is 10.0. The maximum atomic E-state index is 10.0. The van der Waals surface area contributed by atoms with E-state index in [4.69, 9.17) is 0 Å². The predicted octanol–water partition coefficient (Wildman–Crippen LogP) is 1.79. The van der Waals surface area contributed by atoms with Crippen LogP contribution in [0.3, 0.4) is 0 Å². The molecule has 0 spiro atoms. The molecule has 0 radical (unpaired) electrons. The van der Waals surface area contributed by atoms with Crippen LogP contribution < -0.4 is 5.32 Å². The Labute approximate surface area is 86.0 Å². The average Bonchev–Trinajstić information content (AvgIpc) is 2.18. The highest BCUT2D eigenvalue weighted by atomic mass is 16.3. The number of aliphatic hydroxyl groups is 1. The largest absolute Gasteiger partial charge is 0.386 e. The third-order valence-electron chi connectivity index (χ3n) is 2.40. The van der Waals surface area contributed by atoms with E-state index in [0.717, 1.165) is 25.9 Å². The summed E-state index contributed by atoms with van der Waals surface area (Å²) in [4.78, 5) is 0. The van der Waals surface area contributed by atoms with E-state index >= 15 is 0 Å². The molecule has 1 heterocycles. The Morgan fingerprint density at radius 1 is 1.07 bits per heavy atom. The summed E-state index contributed by atoms with van der Waals surface area (Å²) < 4.78 is 0. The quantitative estimate of drug-likeness (QED) is 0.670. The van der Waals surface area contributed by atoms with Crippen LogP contribution in [-0.2, 0) is 0 Å². The molecule has 2 heteroatoms. The van der Waals surface area contributed by atoms with Crippen molar-refractivity contribution in [3.8, 4) is 0 Å². The van der Waals surface area contributed by atoms with Gasteiger partial charge in [0.05, 0.1) is 5.60 Å². The van der Waals surface area contributed by atoms with Gasteiger partial charge in [0, 0.05) is 0 Å².